The van der Waals surface area contributed by atoms with E-state index < -0.39 is 0 Å². The van der Waals surface area contributed by atoms with E-state index in [4.69, 9.17) is 0 Å². The summed E-state index contributed by atoms with van der Waals surface area (Å²) in [5.41, 5.74) is 4.25. The number of fused-ring (bicyclic) bond motifs is 1. The van der Waals surface area contributed by atoms with Crippen molar-refractivity contribution in [2.75, 3.05) is 0 Å². The molecule has 0 atom stereocenters. The Kier molecular flexibility index (Phi) is 3.11. The van der Waals surface area contributed by atoms with E-state index in [1.807, 2.05) is 55.5 Å². The lowest BCUT2D eigenvalue weighted by molar-refractivity contribution is 0.399. The molecule has 1 aliphatic heterocycles. The lowest BCUT2D eigenvalue weighted by Gasteiger charge is -2.08. The molecule has 1 N–H and O–H groups in total. The number of benzene rings is 2. The zero-order chi connectivity index (χ0) is 16.0. The molecule has 4 heteroatoms. The first kappa shape index (κ1) is 13.9. The Labute approximate surface area is 134 Å². The Bertz CT molecular complexity index is 936. The summed E-state index contributed by atoms with van der Waals surface area (Å²) in [7, 11) is 0. The van der Waals surface area contributed by atoms with Gasteiger partial charge in [0.15, 0.2) is 0 Å². The van der Waals surface area contributed by atoms with Gasteiger partial charge in [0.05, 0.1) is 0 Å². The average molecular weight is 306 g/mol. The molecule has 1 aromatic heterocycles. The first-order chi connectivity index (χ1) is 11.2. The van der Waals surface area contributed by atoms with Crippen LogP contribution in [0.1, 0.15) is 12.0 Å². The summed E-state index contributed by atoms with van der Waals surface area (Å²) in [6.45, 7) is 3.33. The van der Waals surface area contributed by atoms with Crippen molar-refractivity contribution in [2.24, 2.45) is 0 Å². The van der Waals surface area contributed by atoms with Crippen LogP contribution in [0.25, 0.3) is 22.3 Å². The van der Waals surface area contributed by atoms with Crippen molar-refractivity contribution in [3.63, 3.8) is 0 Å². The predicted molar refractivity (Wildman–Crippen MR) is 90.6 cm³/mol. The van der Waals surface area contributed by atoms with E-state index in [1.54, 1.807) is 9.36 Å². The predicted octanol–water partition coefficient (Wildman–Crippen LogP) is 3.40. The monoisotopic (exact) mass is 306 g/mol. The minimum absolute atomic E-state index is 0.0841. The van der Waals surface area contributed by atoms with Crippen LogP contribution in [0.2, 0.25) is 0 Å². The molecule has 0 fully saturated rings. The highest BCUT2D eigenvalue weighted by molar-refractivity contribution is 5.77. The first-order valence-electron chi connectivity index (χ1n) is 7.86. The van der Waals surface area contributed by atoms with Crippen LogP contribution in [-0.4, -0.2) is 14.5 Å². The van der Waals surface area contributed by atoms with Crippen LogP contribution in [0.4, 0.5) is 0 Å². The summed E-state index contributed by atoms with van der Waals surface area (Å²) in [6.07, 6.45) is 0.895. The highest BCUT2D eigenvalue weighted by Crippen LogP contribution is 2.33. The summed E-state index contributed by atoms with van der Waals surface area (Å²) >= 11 is 0. The van der Waals surface area contributed by atoms with Gasteiger partial charge in [-0.15, -0.1) is 0 Å². The molecular formula is C19H18N2O2. The third-order valence-corrected chi connectivity index (χ3v) is 4.56. The molecule has 0 bridgehead atoms. The molecule has 0 spiro atoms. The fraction of sp³-hybridized carbons (Fsp3) is 0.211. The molecule has 4 rings (SSSR count). The Morgan fingerprint density at radius 1 is 0.957 bits per heavy atom. The third kappa shape index (κ3) is 2.10. The van der Waals surface area contributed by atoms with Crippen molar-refractivity contribution in [1.29, 1.82) is 0 Å². The summed E-state index contributed by atoms with van der Waals surface area (Å²) in [6, 6.07) is 16.1. The van der Waals surface area contributed by atoms with Gasteiger partial charge in [0, 0.05) is 13.1 Å². The Balaban J connectivity index is 1.92. The number of aromatic nitrogens is 2. The molecule has 116 valence electrons. The number of hydrogen-bond donors (Lipinski definition) is 1. The minimum Gasteiger partial charge on any atom is -0.493 e. The smallest absolute Gasteiger partial charge is 0.278 e. The lowest BCUT2D eigenvalue weighted by Crippen LogP contribution is -2.17. The van der Waals surface area contributed by atoms with E-state index in [9.17, 15) is 9.90 Å². The van der Waals surface area contributed by atoms with Crippen LogP contribution in [0.5, 0.6) is 5.88 Å². The summed E-state index contributed by atoms with van der Waals surface area (Å²) in [4.78, 5) is 12.7. The quantitative estimate of drug-likeness (QED) is 0.789. The van der Waals surface area contributed by atoms with Gasteiger partial charge in [-0.05, 0) is 41.7 Å². The van der Waals surface area contributed by atoms with Crippen molar-refractivity contribution in [3.8, 4) is 28.1 Å². The fourth-order valence-corrected chi connectivity index (χ4v) is 3.33. The molecule has 3 aromatic rings. The van der Waals surface area contributed by atoms with Crippen LogP contribution in [0, 0.1) is 6.92 Å². The number of aromatic hydroxyl groups is 1. The van der Waals surface area contributed by atoms with E-state index in [2.05, 4.69) is 0 Å². The largest absolute Gasteiger partial charge is 0.493 e. The first-order valence-corrected chi connectivity index (χ1v) is 7.86. The lowest BCUT2D eigenvalue weighted by atomic mass is 9.96. The van der Waals surface area contributed by atoms with Crippen LogP contribution in [0.15, 0.2) is 53.3 Å². The number of aryl methyl sites for hydroxylation is 1. The van der Waals surface area contributed by atoms with E-state index in [-0.39, 0.29) is 11.4 Å². The molecule has 0 aliphatic carbocycles. The highest BCUT2D eigenvalue weighted by atomic mass is 16.3. The zero-order valence-corrected chi connectivity index (χ0v) is 13.0. The van der Waals surface area contributed by atoms with E-state index in [0.717, 1.165) is 28.7 Å². The standard InChI is InChI=1S/C19H18N2O2/c1-13-8-9-15(14-6-3-2-4-7-14)12-16(13)17-18(22)20-10-5-11-21(20)19(17)23/h2-4,6-9,12,22H,5,10-11H2,1H3. The molecule has 4 nitrogen and oxygen atoms in total. The fourth-order valence-electron chi connectivity index (χ4n) is 3.33. The maximum Gasteiger partial charge on any atom is 0.278 e. The van der Waals surface area contributed by atoms with E-state index in [0.29, 0.717) is 18.7 Å². The maximum absolute atomic E-state index is 12.7. The normalized spacial score (nSPS) is 13.3. The molecule has 0 saturated carbocycles. The Hall–Kier alpha value is -2.75. The molecule has 1 aliphatic rings. The molecule has 0 saturated heterocycles. The van der Waals surface area contributed by atoms with Crippen molar-refractivity contribution in [2.45, 2.75) is 26.4 Å². The topological polar surface area (TPSA) is 47.2 Å². The summed E-state index contributed by atoms with van der Waals surface area (Å²) in [5, 5.41) is 10.5. The molecule has 0 radical (unpaired) electrons. The second-order valence-electron chi connectivity index (χ2n) is 6.00. The van der Waals surface area contributed by atoms with Gasteiger partial charge in [0.2, 0.25) is 5.88 Å². The summed E-state index contributed by atoms with van der Waals surface area (Å²) < 4.78 is 3.32. The van der Waals surface area contributed by atoms with E-state index >= 15 is 0 Å². The van der Waals surface area contributed by atoms with Gasteiger partial charge in [-0.2, -0.15) is 0 Å². The van der Waals surface area contributed by atoms with Crippen molar-refractivity contribution in [3.05, 3.63) is 64.4 Å². The van der Waals surface area contributed by atoms with Gasteiger partial charge >= 0.3 is 0 Å². The van der Waals surface area contributed by atoms with Gasteiger partial charge in [-0.25, -0.2) is 4.68 Å². The molecular weight excluding hydrogens is 288 g/mol. The second-order valence-corrected chi connectivity index (χ2v) is 6.00. The van der Waals surface area contributed by atoms with Crippen LogP contribution < -0.4 is 5.56 Å². The van der Waals surface area contributed by atoms with Gasteiger partial charge < -0.3 is 5.11 Å². The molecule has 2 heterocycles. The molecule has 0 unspecified atom stereocenters. The number of nitrogens with zero attached hydrogens (tertiary/aromatic N) is 2. The van der Waals surface area contributed by atoms with Crippen molar-refractivity contribution >= 4 is 0 Å². The number of hydrogen-bond acceptors (Lipinski definition) is 2. The van der Waals surface area contributed by atoms with Gasteiger partial charge in [-0.3, -0.25) is 9.48 Å². The number of rotatable bonds is 2. The molecule has 23 heavy (non-hydrogen) atoms. The molecule has 0 amide bonds. The minimum atomic E-state index is -0.103. The second kappa shape index (κ2) is 5.16. The highest BCUT2D eigenvalue weighted by Gasteiger charge is 2.25. The van der Waals surface area contributed by atoms with Gasteiger partial charge in [-0.1, -0.05) is 42.5 Å². The SMILES string of the molecule is Cc1ccc(-c2ccccc2)cc1-c1c(O)n2n(c1=O)CCC2. The summed E-state index contributed by atoms with van der Waals surface area (Å²) in [5.74, 6) is 0.0841. The Morgan fingerprint density at radius 2 is 1.70 bits per heavy atom. The van der Waals surface area contributed by atoms with Crippen LogP contribution in [-0.2, 0) is 13.1 Å². The molecule has 2 aromatic carbocycles. The zero-order valence-electron chi connectivity index (χ0n) is 13.0. The average Bonchev–Trinajstić information content (AvgIpc) is 3.14. The maximum atomic E-state index is 12.7. The van der Waals surface area contributed by atoms with Crippen molar-refractivity contribution < 1.29 is 5.11 Å². The van der Waals surface area contributed by atoms with Gasteiger partial charge in [0.1, 0.15) is 5.56 Å². The Morgan fingerprint density at radius 3 is 2.43 bits per heavy atom. The third-order valence-electron chi connectivity index (χ3n) is 4.56. The van der Waals surface area contributed by atoms with Gasteiger partial charge in [0.25, 0.3) is 5.56 Å². The van der Waals surface area contributed by atoms with Crippen LogP contribution >= 0.6 is 0 Å². The van der Waals surface area contributed by atoms with Crippen molar-refractivity contribution in [1.82, 2.24) is 9.36 Å². The van der Waals surface area contributed by atoms with Crippen LogP contribution in [0.3, 0.4) is 0 Å². The van der Waals surface area contributed by atoms with E-state index in [1.165, 1.54) is 0 Å².